The van der Waals surface area contributed by atoms with E-state index < -0.39 is 17.5 Å². The molecule has 0 aliphatic heterocycles. The van der Waals surface area contributed by atoms with E-state index in [-0.39, 0.29) is 24.5 Å². The Balaban J connectivity index is 2.41. The van der Waals surface area contributed by atoms with Gasteiger partial charge in [0.25, 0.3) is 0 Å². The number of carbonyl (C=O) groups is 2. The highest BCUT2D eigenvalue weighted by atomic mass is 16.6. The monoisotopic (exact) mass is 373 g/mol. The molecule has 1 aromatic heterocycles. The van der Waals surface area contributed by atoms with Gasteiger partial charge in [-0.3, -0.25) is 0 Å². The number of hydrogen-bond donors (Lipinski definition) is 0. The second kappa shape index (κ2) is 8.29. The first-order valence-corrected chi connectivity index (χ1v) is 8.93. The minimum Gasteiger partial charge on any atom is -0.481 e. The minimum atomic E-state index is -0.648. The van der Waals surface area contributed by atoms with Crippen LogP contribution >= 0.6 is 0 Å². The molecule has 0 spiro atoms. The van der Waals surface area contributed by atoms with Gasteiger partial charge in [-0.15, -0.1) is 0 Å². The minimum absolute atomic E-state index is 0.263. The van der Waals surface area contributed by atoms with Crippen LogP contribution in [-0.4, -0.2) is 35.3 Å². The molecule has 0 unspecified atom stereocenters. The fourth-order valence-electron chi connectivity index (χ4n) is 2.69. The fraction of sp³-hybridized carbons (Fsp3) is 0.429. The quantitative estimate of drug-likeness (QED) is 0.716. The lowest BCUT2D eigenvalue weighted by molar-refractivity contribution is -0.145. The van der Waals surface area contributed by atoms with Crippen molar-refractivity contribution in [1.29, 1.82) is 0 Å². The summed E-state index contributed by atoms with van der Waals surface area (Å²) in [5.74, 6) is -0.719. The Hall–Kier alpha value is -2.76. The van der Waals surface area contributed by atoms with Gasteiger partial charge in [-0.25, -0.2) is 9.59 Å². The van der Waals surface area contributed by atoms with Gasteiger partial charge in [0.15, 0.2) is 6.61 Å². The largest absolute Gasteiger partial charge is 0.481 e. The Morgan fingerprint density at radius 3 is 2.22 bits per heavy atom. The number of rotatable bonds is 6. The highest BCUT2D eigenvalue weighted by molar-refractivity contribution is 5.93. The normalized spacial score (nSPS) is 11.2. The van der Waals surface area contributed by atoms with Gasteiger partial charge in [0.05, 0.1) is 6.61 Å². The van der Waals surface area contributed by atoms with Crippen molar-refractivity contribution in [2.24, 2.45) is 0 Å². The molecule has 0 aliphatic rings. The van der Waals surface area contributed by atoms with Crippen LogP contribution in [0.4, 0.5) is 0 Å². The molecular weight excluding hydrogens is 346 g/mol. The lowest BCUT2D eigenvalue weighted by Gasteiger charge is -2.21. The number of ether oxygens (including phenoxy) is 3. The van der Waals surface area contributed by atoms with Crippen LogP contribution in [0.1, 0.15) is 49.4 Å². The summed E-state index contributed by atoms with van der Waals surface area (Å²) in [7, 11) is 0. The van der Waals surface area contributed by atoms with Crippen molar-refractivity contribution in [3.05, 3.63) is 47.3 Å². The average Bonchev–Trinajstić information content (AvgIpc) is 2.90. The molecule has 146 valence electrons. The van der Waals surface area contributed by atoms with Gasteiger partial charge in [0, 0.05) is 17.1 Å². The predicted molar refractivity (Wildman–Crippen MR) is 103 cm³/mol. The maximum atomic E-state index is 12.7. The standard InChI is InChI=1S/C21H27NO5/c1-7-25-19(23)13-26-18-11-10-16(22-14(2)8-9-15(22)3)12-17(18)20(24)27-21(4,5)6/h8-12H,7,13H2,1-6H3. The summed E-state index contributed by atoms with van der Waals surface area (Å²) in [6.07, 6.45) is 0. The van der Waals surface area contributed by atoms with Crippen molar-refractivity contribution in [2.45, 2.75) is 47.1 Å². The maximum absolute atomic E-state index is 12.7. The molecule has 0 saturated carbocycles. The van der Waals surface area contributed by atoms with Crippen molar-refractivity contribution >= 4 is 11.9 Å². The highest BCUT2D eigenvalue weighted by Gasteiger charge is 2.23. The summed E-state index contributed by atoms with van der Waals surface area (Å²) in [6, 6.07) is 9.25. The molecule has 0 aliphatic carbocycles. The average molecular weight is 373 g/mol. The van der Waals surface area contributed by atoms with Crippen molar-refractivity contribution < 1.29 is 23.8 Å². The summed E-state index contributed by atoms with van der Waals surface area (Å²) in [5, 5.41) is 0. The van der Waals surface area contributed by atoms with Crippen LogP contribution in [0.25, 0.3) is 5.69 Å². The number of carbonyl (C=O) groups excluding carboxylic acids is 2. The van der Waals surface area contributed by atoms with Gasteiger partial charge in [-0.2, -0.15) is 0 Å². The maximum Gasteiger partial charge on any atom is 0.344 e. The Bertz CT molecular complexity index is 810. The smallest absolute Gasteiger partial charge is 0.344 e. The molecule has 0 fully saturated rings. The van der Waals surface area contributed by atoms with Crippen LogP contribution < -0.4 is 4.74 Å². The topological polar surface area (TPSA) is 66.8 Å². The zero-order valence-corrected chi connectivity index (χ0v) is 16.8. The van der Waals surface area contributed by atoms with Crippen molar-refractivity contribution in [3.8, 4) is 11.4 Å². The predicted octanol–water partition coefficient (Wildman–Crippen LogP) is 3.99. The SMILES string of the molecule is CCOC(=O)COc1ccc(-n2c(C)ccc2C)cc1C(=O)OC(C)(C)C. The van der Waals surface area contributed by atoms with Gasteiger partial charge in [-0.1, -0.05) is 0 Å². The van der Waals surface area contributed by atoms with Crippen molar-refractivity contribution in [2.75, 3.05) is 13.2 Å². The number of benzene rings is 1. The van der Waals surface area contributed by atoms with E-state index >= 15 is 0 Å². The first kappa shape index (κ1) is 20.6. The molecule has 6 nitrogen and oxygen atoms in total. The molecule has 1 aromatic carbocycles. The summed E-state index contributed by atoms with van der Waals surface area (Å²) < 4.78 is 17.9. The molecule has 2 aromatic rings. The fourth-order valence-corrected chi connectivity index (χ4v) is 2.69. The van der Waals surface area contributed by atoms with Crippen LogP contribution in [0.5, 0.6) is 5.75 Å². The molecule has 0 radical (unpaired) electrons. The first-order chi connectivity index (χ1) is 12.6. The van der Waals surface area contributed by atoms with Crippen LogP contribution in [0.2, 0.25) is 0 Å². The molecule has 6 heteroatoms. The summed E-state index contributed by atoms with van der Waals surface area (Å²) in [5.41, 5.74) is 2.52. The number of nitrogens with zero attached hydrogens (tertiary/aromatic N) is 1. The third kappa shape index (κ3) is 5.36. The van der Waals surface area contributed by atoms with E-state index in [4.69, 9.17) is 14.2 Å². The molecule has 27 heavy (non-hydrogen) atoms. The molecule has 0 N–H and O–H groups in total. The van der Waals surface area contributed by atoms with Crippen LogP contribution in [-0.2, 0) is 14.3 Å². The van der Waals surface area contributed by atoms with Gasteiger partial charge in [0.1, 0.15) is 16.9 Å². The second-order valence-corrected chi connectivity index (χ2v) is 7.23. The lowest BCUT2D eigenvalue weighted by Crippen LogP contribution is -2.25. The van der Waals surface area contributed by atoms with E-state index in [0.717, 1.165) is 17.1 Å². The summed E-state index contributed by atoms with van der Waals surface area (Å²) in [6.45, 7) is 11.1. The Labute approximate surface area is 160 Å². The van der Waals surface area contributed by atoms with Crippen molar-refractivity contribution in [3.63, 3.8) is 0 Å². The number of aryl methyl sites for hydroxylation is 2. The van der Waals surface area contributed by atoms with Crippen molar-refractivity contribution in [1.82, 2.24) is 4.57 Å². The highest BCUT2D eigenvalue weighted by Crippen LogP contribution is 2.27. The number of esters is 2. The molecule has 0 atom stereocenters. The zero-order valence-electron chi connectivity index (χ0n) is 16.8. The lowest BCUT2D eigenvalue weighted by atomic mass is 10.1. The number of aromatic nitrogens is 1. The van der Waals surface area contributed by atoms with Crippen LogP contribution in [0, 0.1) is 13.8 Å². The molecule has 2 rings (SSSR count). The summed E-state index contributed by atoms with van der Waals surface area (Å²) >= 11 is 0. The van der Waals surface area contributed by atoms with Crippen LogP contribution in [0.3, 0.4) is 0 Å². The molecule has 0 bridgehead atoms. The van der Waals surface area contributed by atoms with E-state index in [9.17, 15) is 9.59 Å². The van der Waals surface area contributed by atoms with E-state index in [0.29, 0.717) is 0 Å². The van der Waals surface area contributed by atoms with Gasteiger partial charge < -0.3 is 18.8 Å². The van der Waals surface area contributed by atoms with E-state index in [1.807, 2.05) is 36.6 Å². The summed E-state index contributed by atoms with van der Waals surface area (Å²) in [4.78, 5) is 24.3. The Kier molecular flexibility index (Phi) is 6.31. The third-order valence-electron chi connectivity index (χ3n) is 3.76. The van der Waals surface area contributed by atoms with Gasteiger partial charge in [-0.05, 0) is 71.9 Å². The first-order valence-electron chi connectivity index (χ1n) is 8.93. The van der Waals surface area contributed by atoms with Gasteiger partial charge in [0.2, 0.25) is 0 Å². The molecule has 0 amide bonds. The Morgan fingerprint density at radius 1 is 1.04 bits per heavy atom. The zero-order chi connectivity index (χ0) is 20.2. The molecular formula is C21H27NO5. The second-order valence-electron chi connectivity index (χ2n) is 7.23. The van der Waals surface area contributed by atoms with E-state index in [1.165, 1.54) is 0 Å². The molecule has 1 heterocycles. The number of hydrogen-bond acceptors (Lipinski definition) is 5. The molecule has 0 saturated heterocycles. The Morgan fingerprint density at radius 2 is 1.67 bits per heavy atom. The van der Waals surface area contributed by atoms with E-state index in [2.05, 4.69) is 0 Å². The third-order valence-corrected chi connectivity index (χ3v) is 3.76. The van der Waals surface area contributed by atoms with Crippen LogP contribution in [0.15, 0.2) is 30.3 Å². The van der Waals surface area contributed by atoms with E-state index in [1.54, 1.807) is 39.8 Å². The van der Waals surface area contributed by atoms with Gasteiger partial charge >= 0.3 is 11.9 Å².